The highest BCUT2D eigenvalue weighted by atomic mass is 35.5. The minimum Gasteiger partial charge on any atom is -0.484 e. The summed E-state index contributed by atoms with van der Waals surface area (Å²) in [5.74, 6) is 0.810. The van der Waals surface area contributed by atoms with Gasteiger partial charge in [0.25, 0.3) is 11.5 Å². The fourth-order valence-electron chi connectivity index (χ4n) is 2.85. The molecule has 1 amide bonds. The van der Waals surface area contributed by atoms with E-state index in [1.54, 1.807) is 40.9 Å². The second-order valence-electron chi connectivity index (χ2n) is 6.66. The van der Waals surface area contributed by atoms with Crippen LogP contribution >= 0.6 is 34.7 Å². The summed E-state index contributed by atoms with van der Waals surface area (Å²) in [7, 11) is 0. The number of fused-ring (bicyclic) bond motifs is 1. The highest BCUT2D eigenvalue weighted by molar-refractivity contribution is 7.98. The third kappa shape index (κ3) is 5.46. The summed E-state index contributed by atoms with van der Waals surface area (Å²) in [5, 5.41) is 3.48. The molecular formula is C22H18ClN3O3S2. The van der Waals surface area contributed by atoms with Crippen molar-refractivity contribution in [3.63, 3.8) is 0 Å². The molecule has 6 nitrogen and oxygen atoms in total. The predicted octanol–water partition coefficient (Wildman–Crippen LogP) is 5.03. The molecule has 31 heavy (non-hydrogen) atoms. The number of thiazole rings is 1. The smallest absolute Gasteiger partial charge is 0.262 e. The normalized spacial score (nSPS) is 10.9. The van der Waals surface area contributed by atoms with Crippen molar-refractivity contribution in [2.45, 2.75) is 17.6 Å². The Hall–Kier alpha value is -2.81. The number of nitrogens with one attached hydrogen (secondary N) is 1. The van der Waals surface area contributed by atoms with Crippen LogP contribution in [0.15, 0.2) is 70.5 Å². The number of thioether (sulfide) groups is 1. The first kappa shape index (κ1) is 21.4. The molecule has 0 atom stereocenters. The lowest BCUT2D eigenvalue weighted by Gasteiger charge is -2.11. The van der Waals surface area contributed by atoms with Crippen molar-refractivity contribution in [2.75, 3.05) is 11.9 Å². The Morgan fingerprint density at radius 3 is 2.81 bits per heavy atom. The zero-order valence-electron chi connectivity index (χ0n) is 16.5. The number of amides is 1. The molecule has 0 aliphatic carbocycles. The van der Waals surface area contributed by atoms with Gasteiger partial charge in [-0.1, -0.05) is 23.7 Å². The van der Waals surface area contributed by atoms with Crippen molar-refractivity contribution in [1.29, 1.82) is 0 Å². The molecule has 1 N–H and O–H groups in total. The minimum atomic E-state index is -0.269. The third-order valence-electron chi connectivity index (χ3n) is 4.26. The first-order valence-corrected chi connectivity index (χ1v) is 11.5. The van der Waals surface area contributed by atoms with Gasteiger partial charge < -0.3 is 10.1 Å². The fraction of sp³-hybridized carbons (Fsp3) is 0.136. The molecule has 4 aromatic rings. The lowest BCUT2D eigenvalue weighted by atomic mass is 10.3. The summed E-state index contributed by atoms with van der Waals surface area (Å²) < 4.78 is 7.06. The van der Waals surface area contributed by atoms with Gasteiger partial charge in [0.15, 0.2) is 11.6 Å². The zero-order chi connectivity index (χ0) is 21.8. The number of aromatic nitrogens is 2. The summed E-state index contributed by atoms with van der Waals surface area (Å²) in [4.78, 5) is 31.8. The topological polar surface area (TPSA) is 72.7 Å². The van der Waals surface area contributed by atoms with Crippen molar-refractivity contribution in [2.24, 2.45) is 0 Å². The van der Waals surface area contributed by atoms with Crippen LogP contribution < -0.4 is 15.6 Å². The number of halogens is 1. The van der Waals surface area contributed by atoms with Crippen LogP contribution in [0, 0.1) is 6.92 Å². The molecule has 0 saturated heterocycles. The monoisotopic (exact) mass is 471 g/mol. The van der Waals surface area contributed by atoms with Crippen molar-refractivity contribution >= 4 is 51.3 Å². The quantitative estimate of drug-likeness (QED) is 0.383. The maximum Gasteiger partial charge on any atom is 0.262 e. The van der Waals surface area contributed by atoms with Crippen LogP contribution in [0.3, 0.4) is 0 Å². The minimum absolute atomic E-state index is 0.0918. The number of ether oxygens (including phenoxy) is 1. The van der Waals surface area contributed by atoms with E-state index < -0.39 is 0 Å². The van der Waals surface area contributed by atoms with Crippen LogP contribution in [0.5, 0.6) is 5.75 Å². The van der Waals surface area contributed by atoms with Gasteiger partial charge in [-0.3, -0.25) is 14.0 Å². The molecule has 9 heteroatoms. The zero-order valence-corrected chi connectivity index (χ0v) is 18.9. The second kappa shape index (κ2) is 9.55. The molecule has 2 aromatic heterocycles. The number of carbonyl (C=O) groups is 1. The number of rotatable bonds is 7. The molecule has 0 aliphatic rings. The molecule has 0 unspecified atom stereocenters. The average Bonchev–Trinajstić information content (AvgIpc) is 3.13. The van der Waals surface area contributed by atoms with Gasteiger partial charge in [0.2, 0.25) is 0 Å². The number of benzene rings is 2. The summed E-state index contributed by atoms with van der Waals surface area (Å²) in [6.07, 6.45) is 1.79. The lowest BCUT2D eigenvalue weighted by Crippen LogP contribution is -2.20. The molecule has 2 aromatic carbocycles. The van der Waals surface area contributed by atoms with E-state index >= 15 is 0 Å². The van der Waals surface area contributed by atoms with E-state index in [4.69, 9.17) is 16.3 Å². The van der Waals surface area contributed by atoms with E-state index in [1.807, 2.05) is 31.2 Å². The largest absolute Gasteiger partial charge is 0.484 e. The second-order valence-corrected chi connectivity index (χ2v) is 9.32. The molecule has 2 heterocycles. The van der Waals surface area contributed by atoms with E-state index in [2.05, 4.69) is 10.3 Å². The molecule has 0 fully saturated rings. The van der Waals surface area contributed by atoms with Crippen LogP contribution in [0.2, 0.25) is 5.02 Å². The summed E-state index contributed by atoms with van der Waals surface area (Å²) in [6, 6.07) is 15.9. The van der Waals surface area contributed by atoms with Gasteiger partial charge in [-0.25, -0.2) is 4.98 Å². The third-order valence-corrected chi connectivity index (χ3v) is 6.51. The van der Waals surface area contributed by atoms with Crippen LogP contribution in [0.1, 0.15) is 10.6 Å². The molecule has 0 bridgehead atoms. The lowest BCUT2D eigenvalue weighted by molar-refractivity contribution is -0.118. The summed E-state index contributed by atoms with van der Waals surface area (Å²) in [6.45, 7) is 1.83. The molecule has 0 radical (unpaired) electrons. The van der Waals surface area contributed by atoms with E-state index in [-0.39, 0.29) is 18.1 Å². The summed E-state index contributed by atoms with van der Waals surface area (Å²) >= 11 is 8.84. The Balaban J connectivity index is 1.40. The fourth-order valence-corrected chi connectivity index (χ4v) is 4.72. The van der Waals surface area contributed by atoms with E-state index in [9.17, 15) is 9.59 Å². The maximum atomic E-state index is 12.3. The molecule has 0 saturated carbocycles. The number of carbonyl (C=O) groups excluding carboxylic acids is 1. The summed E-state index contributed by atoms with van der Waals surface area (Å²) in [5.41, 5.74) is 1.29. The van der Waals surface area contributed by atoms with Gasteiger partial charge >= 0.3 is 0 Å². The van der Waals surface area contributed by atoms with Crippen LogP contribution in [-0.4, -0.2) is 21.9 Å². The van der Waals surface area contributed by atoms with Gasteiger partial charge in [0.1, 0.15) is 5.75 Å². The highest BCUT2D eigenvalue weighted by Crippen LogP contribution is 2.29. The van der Waals surface area contributed by atoms with Gasteiger partial charge in [-0.15, -0.1) is 23.1 Å². The Labute approximate surface area is 191 Å². The Morgan fingerprint density at radius 1 is 1.23 bits per heavy atom. The number of para-hydroxylation sites is 1. The number of aryl methyl sites for hydroxylation is 1. The molecular weight excluding hydrogens is 454 g/mol. The van der Waals surface area contributed by atoms with Crippen molar-refractivity contribution in [3.05, 3.63) is 86.7 Å². The van der Waals surface area contributed by atoms with Gasteiger partial charge in [0.05, 0.1) is 11.4 Å². The molecule has 0 spiro atoms. The van der Waals surface area contributed by atoms with E-state index in [0.29, 0.717) is 32.9 Å². The van der Waals surface area contributed by atoms with Crippen molar-refractivity contribution < 1.29 is 9.53 Å². The van der Waals surface area contributed by atoms with Crippen LogP contribution in [0.25, 0.3) is 4.96 Å². The number of hydrogen-bond donors (Lipinski definition) is 1. The molecule has 4 rings (SSSR count). The Morgan fingerprint density at radius 2 is 2.00 bits per heavy atom. The van der Waals surface area contributed by atoms with Gasteiger partial charge in [-0.2, -0.15) is 0 Å². The van der Waals surface area contributed by atoms with Crippen molar-refractivity contribution in [3.8, 4) is 5.75 Å². The van der Waals surface area contributed by atoms with Gasteiger partial charge in [0, 0.05) is 32.8 Å². The first-order valence-electron chi connectivity index (χ1n) is 9.37. The van der Waals surface area contributed by atoms with E-state index in [1.165, 1.54) is 23.1 Å². The Kier molecular flexibility index (Phi) is 6.60. The van der Waals surface area contributed by atoms with Crippen LogP contribution in [0.4, 0.5) is 5.69 Å². The molecule has 158 valence electrons. The van der Waals surface area contributed by atoms with Crippen LogP contribution in [-0.2, 0) is 10.5 Å². The standard InChI is InChI=1S/C22H18ClN3O3S2/c1-14-11-26-21(28)10-16(24-22(26)31-14)13-30-19-5-3-2-4-18(19)25-20(27)12-29-17-8-6-15(23)7-9-17/h2-11H,12-13H2,1H3,(H,25,27). The van der Waals surface area contributed by atoms with E-state index in [0.717, 1.165) is 9.77 Å². The Bertz CT molecular complexity index is 1290. The SMILES string of the molecule is Cc1cn2c(=O)cc(CSc3ccccc3NC(=O)COc3ccc(Cl)cc3)nc2s1. The number of anilines is 1. The average molecular weight is 472 g/mol. The highest BCUT2D eigenvalue weighted by Gasteiger charge is 2.10. The maximum absolute atomic E-state index is 12.3. The van der Waals surface area contributed by atoms with Crippen molar-refractivity contribution in [1.82, 2.24) is 9.38 Å². The number of nitrogens with zero attached hydrogens (tertiary/aromatic N) is 2. The first-order chi connectivity index (χ1) is 15.0. The van der Waals surface area contributed by atoms with Gasteiger partial charge in [-0.05, 0) is 43.3 Å². The number of hydrogen-bond acceptors (Lipinski definition) is 6. The predicted molar refractivity (Wildman–Crippen MR) is 126 cm³/mol. The molecule has 0 aliphatic heterocycles.